The van der Waals surface area contributed by atoms with Gasteiger partial charge in [-0.05, 0) is 36.5 Å². The minimum atomic E-state index is 0.570. The Morgan fingerprint density at radius 2 is 1.86 bits per heavy atom. The quantitative estimate of drug-likeness (QED) is 0.814. The second-order valence-electron chi connectivity index (χ2n) is 5.80. The van der Waals surface area contributed by atoms with Gasteiger partial charge in [0.15, 0.2) is 0 Å². The van der Waals surface area contributed by atoms with Crippen LogP contribution in [-0.2, 0) is 0 Å². The lowest BCUT2D eigenvalue weighted by Crippen LogP contribution is -2.00. The van der Waals surface area contributed by atoms with Gasteiger partial charge in [0.05, 0.1) is 0 Å². The Balaban J connectivity index is 1.81. The van der Waals surface area contributed by atoms with Crippen LogP contribution in [0.15, 0.2) is 40.3 Å². The zero-order valence-corrected chi connectivity index (χ0v) is 13.6. The molecule has 1 aromatic carbocycles. The topological polar surface area (TPSA) is 37.8 Å². The van der Waals surface area contributed by atoms with Crippen molar-refractivity contribution in [3.8, 4) is 0 Å². The molecule has 110 valence electrons. The summed E-state index contributed by atoms with van der Waals surface area (Å²) in [6.07, 6.45) is 2.45. The normalized spacial score (nSPS) is 14.5. The molecule has 21 heavy (non-hydrogen) atoms. The molecule has 0 amide bonds. The fraction of sp³-hybridized carbons (Fsp3) is 0.412. The summed E-state index contributed by atoms with van der Waals surface area (Å²) < 4.78 is 0. The molecule has 1 saturated carbocycles. The molecule has 1 N–H and O–H groups in total. The van der Waals surface area contributed by atoms with Gasteiger partial charge in [-0.2, -0.15) is 0 Å². The van der Waals surface area contributed by atoms with E-state index < -0.39 is 0 Å². The molecule has 0 bridgehead atoms. The lowest BCUT2D eigenvalue weighted by molar-refractivity contribution is 0.864. The monoisotopic (exact) mass is 299 g/mol. The van der Waals surface area contributed by atoms with E-state index in [0.29, 0.717) is 11.8 Å². The fourth-order valence-corrected chi connectivity index (χ4v) is 3.01. The molecule has 0 radical (unpaired) electrons. The third-order valence-electron chi connectivity index (χ3n) is 3.69. The van der Waals surface area contributed by atoms with Gasteiger partial charge in [0.25, 0.3) is 0 Å². The Labute approximate surface area is 130 Å². The number of anilines is 1. The van der Waals surface area contributed by atoms with Crippen molar-refractivity contribution in [2.45, 2.75) is 48.4 Å². The minimum Gasteiger partial charge on any atom is -0.373 e. The van der Waals surface area contributed by atoms with Crippen LogP contribution in [0.4, 0.5) is 5.82 Å². The third kappa shape index (κ3) is 3.56. The molecule has 0 unspecified atom stereocenters. The maximum absolute atomic E-state index is 4.71. The lowest BCUT2D eigenvalue weighted by atomic mass is 10.0. The Bertz CT molecular complexity index is 618. The first-order valence-electron chi connectivity index (χ1n) is 7.50. The van der Waals surface area contributed by atoms with Crippen LogP contribution in [0.3, 0.4) is 0 Å². The van der Waals surface area contributed by atoms with Gasteiger partial charge < -0.3 is 5.32 Å². The molecular formula is C17H21N3S. The highest BCUT2D eigenvalue weighted by Gasteiger charge is 2.27. The lowest BCUT2D eigenvalue weighted by Gasteiger charge is -2.08. The van der Waals surface area contributed by atoms with E-state index >= 15 is 0 Å². The maximum Gasteiger partial charge on any atom is 0.135 e. The smallest absolute Gasteiger partial charge is 0.135 e. The van der Waals surface area contributed by atoms with Crippen molar-refractivity contribution in [3.63, 3.8) is 0 Å². The van der Waals surface area contributed by atoms with Gasteiger partial charge in [-0.3, -0.25) is 0 Å². The van der Waals surface area contributed by atoms with Gasteiger partial charge in [-0.15, -0.1) is 0 Å². The summed E-state index contributed by atoms with van der Waals surface area (Å²) >= 11 is 1.71. The van der Waals surface area contributed by atoms with E-state index in [0.717, 1.165) is 16.7 Å². The van der Waals surface area contributed by atoms with Gasteiger partial charge in [-0.1, -0.05) is 37.7 Å². The molecule has 0 saturated heterocycles. The largest absolute Gasteiger partial charge is 0.373 e. The van der Waals surface area contributed by atoms with Crippen molar-refractivity contribution in [1.29, 1.82) is 0 Å². The van der Waals surface area contributed by atoms with E-state index in [-0.39, 0.29) is 0 Å². The molecule has 0 aliphatic heterocycles. The summed E-state index contributed by atoms with van der Waals surface area (Å²) in [5.41, 5.74) is 1.37. The Hall–Kier alpha value is -1.55. The van der Waals surface area contributed by atoms with Crippen LogP contribution < -0.4 is 5.32 Å². The van der Waals surface area contributed by atoms with E-state index in [1.54, 1.807) is 11.8 Å². The summed E-state index contributed by atoms with van der Waals surface area (Å²) in [6, 6.07) is 10.8. The van der Waals surface area contributed by atoms with E-state index in [2.05, 4.69) is 48.4 Å². The highest BCUT2D eigenvalue weighted by Crippen LogP contribution is 2.39. The molecule has 3 nitrogen and oxygen atoms in total. The molecule has 4 heteroatoms. The molecule has 1 aromatic heterocycles. The summed E-state index contributed by atoms with van der Waals surface area (Å²) in [5.74, 6) is 3.04. The minimum absolute atomic E-state index is 0.570. The zero-order valence-electron chi connectivity index (χ0n) is 12.8. The van der Waals surface area contributed by atoms with Gasteiger partial charge in [-0.25, -0.2) is 9.97 Å². The van der Waals surface area contributed by atoms with Crippen LogP contribution in [0, 0.1) is 0 Å². The summed E-state index contributed by atoms with van der Waals surface area (Å²) in [4.78, 5) is 10.5. The molecular weight excluding hydrogens is 278 g/mol. The molecule has 0 atom stereocenters. The number of nitrogens with zero attached hydrogens (tertiary/aromatic N) is 2. The highest BCUT2D eigenvalue weighted by atomic mass is 32.2. The number of hydrogen-bond acceptors (Lipinski definition) is 4. The van der Waals surface area contributed by atoms with Gasteiger partial charge in [0.1, 0.15) is 16.7 Å². The molecule has 1 fully saturated rings. The number of nitrogens with one attached hydrogen (secondary N) is 1. The van der Waals surface area contributed by atoms with Crippen molar-refractivity contribution < 1.29 is 0 Å². The molecule has 1 aliphatic rings. The van der Waals surface area contributed by atoms with Gasteiger partial charge in [0.2, 0.25) is 0 Å². The predicted octanol–water partition coefficient (Wildman–Crippen LogP) is 4.67. The van der Waals surface area contributed by atoms with Crippen LogP contribution in [0.2, 0.25) is 0 Å². The third-order valence-corrected chi connectivity index (χ3v) is 4.61. The van der Waals surface area contributed by atoms with Crippen molar-refractivity contribution in [2.75, 3.05) is 12.4 Å². The standard InChI is InChI=1S/C17H21N3S/c1-11(2)12-6-8-14(9-7-12)21-16-10-15(18-3)19-17(20-16)13-4-5-13/h6-11,13H,4-5H2,1-3H3,(H,18,19,20). The van der Waals surface area contributed by atoms with Crippen molar-refractivity contribution in [1.82, 2.24) is 9.97 Å². The Kier molecular flexibility index (Phi) is 4.15. The number of hydrogen-bond donors (Lipinski definition) is 1. The van der Waals surface area contributed by atoms with Crippen LogP contribution in [0.1, 0.15) is 49.9 Å². The Morgan fingerprint density at radius 1 is 1.14 bits per heavy atom. The van der Waals surface area contributed by atoms with Crippen molar-refractivity contribution in [3.05, 3.63) is 41.7 Å². The van der Waals surface area contributed by atoms with Gasteiger partial charge in [0, 0.05) is 23.9 Å². The number of rotatable bonds is 5. The predicted molar refractivity (Wildman–Crippen MR) is 88.2 cm³/mol. The molecule has 0 spiro atoms. The SMILES string of the molecule is CNc1cc(Sc2ccc(C(C)C)cc2)nc(C2CC2)n1. The second kappa shape index (κ2) is 6.06. The summed E-state index contributed by atoms with van der Waals surface area (Å²) in [5, 5.41) is 4.16. The first kappa shape index (κ1) is 14.4. The molecule has 1 heterocycles. The van der Waals surface area contributed by atoms with Crippen LogP contribution in [-0.4, -0.2) is 17.0 Å². The summed E-state index contributed by atoms with van der Waals surface area (Å²) in [6.45, 7) is 4.43. The fourth-order valence-electron chi connectivity index (χ4n) is 2.19. The van der Waals surface area contributed by atoms with E-state index in [9.17, 15) is 0 Å². The first-order chi connectivity index (χ1) is 10.2. The average molecular weight is 299 g/mol. The van der Waals surface area contributed by atoms with Crippen LogP contribution in [0.25, 0.3) is 0 Å². The van der Waals surface area contributed by atoms with Crippen molar-refractivity contribution >= 4 is 17.6 Å². The van der Waals surface area contributed by atoms with E-state index in [4.69, 9.17) is 4.98 Å². The van der Waals surface area contributed by atoms with Crippen molar-refractivity contribution in [2.24, 2.45) is 0 Å². The average Bonchev–Trinajstić information content (AvgIpc) is 3.32. The zero-order chi connectivity index (χ0) is 14.8. The molecule has 2 aromatic rings. The summed E-state index contributed by atoms with van der Waals surface area (Å²) in [7, 11) is 1.91. The first-order valence-corrected chi connectivity index (χ1v) is 8.32. The van der Waals surface area contributed by atoms with Gasteiger partial charge >= 0.3 is 0 Å². The maximum atomic E-state index is 4.71. The highest BCUT2D eigenvalue weighted by molar-refractivity contribution is 7.99. The molecule has 3 rings (SSSR count). The van der Waals surface area contributed by atoms with E-state index in [1.165, 1.54) is 23.3 Å². The number of benzene rings is 1. The van der Waals surface area contributed by atoms with E-state index in [1.807, 2.05) is 13.1 Å². The Morgan fingerprint density at radius 3 is 2.43 bits per heavy atom. The van der Waals surface area contributed by atoms with Crippen LogP contribution >= 0.6 is 11.8 Å². The second-order valence-corrected chi connectivity index (χ2v) is 6.89. The molecule has 1 aliphatic carbocycles. The number of aromatic nitrogens is 2. The van der Waals surface area contributed by atoms with Crippen LogP contribution in [0.5, 0.6) is 0 Å².